The van der Waals surface area contributed by atoms with Crippen molar-refractivity contribution in [2.24, 2.45) is 0 Å². The first-order valence-electron chi connectivity index (χ1n) is 10.3. The van der Waals surface area contributed by atoms with Crippen LogP contribution in [0.2, 0.25) is 0 Å². The van der Waals surface area contributed by atoms with Gasteiger partial charge in [0, 0.05) is 30.4 Å². The summed E-state index contributed by atoms with van der Waals surface area (Å²) >= 11 is 1.40. The topological polar surface area (TPSA) is 86.5 Å². The summed E-state index contributed by atoms with van der Waals surface area (Å²) in [7, 11) is 3.24. The number of thioether (sulfide) groups is 1. The highest BCUT2D eigenvalue weighted by Gasteiger charge is 2.22. The van der Waals surface area contributed by atoms with Crippen molar-refractivity contribution in [1.29, 1.82) is 5.26 Å². The highest BCUT2D eigenvalue weighted by molar-refractivity contribution is 8.03. The molecule has 1 aliphatic heterocycles. The summed E-state index contributed by atoms with van der Waals surface area (Å²) in [6.07, 6.45) is 6.62. The number of nitrogens with zero attached hydrogens (tertiary/aromatic N) is 1. The van der Waals surface area contributed by atoms with Crippen LogP contribution in [0, 0.1) is 11.3 Å². The zero-order valence-electron chi connectivity index (χ0n) is 17.7. The van der Waals surface area contributed by atoms with Gasteiger partial charge in [-0.15, -0.1) is 24.2 Å². The van der Waals surface area contributed by atoms with Gasteiger partial charge in [-0.3, -0.25) is 0 Å². The van der Waals surface area contributed by atoms with E-state index in [0.717, 1.165) is 29.8 Å². The second kappa shape index (κ2) is 12.3. The van der Waals surface area contributed by atoms with Crippen LogP contribution in [-0.4, -0.2) is 50.3 Å². The second-order valence-corrected chi connectivity index (χ2v) is 8.60. The van der Waals surface area contributed by atoms with Gasteiger partial charge in [-0.05, 0) is 37.0 Å². The number of aliphatic hydroxyl groups is 1. The molecule has 6 nitrogen and oxygen atoms in total. The van der Waals surface area contributed by atoms with Crippen molar-refractivity contribution in [2.45, 2.75) is 50.7 Å². The molecule has 1 aliphatic carbocycles. The van der Waals surface area contributed by atoms with Gasteiger partial charge < -0.3 is 25.2 Å². The van der Waals surface area contributed by atoms with Crippen molar-refractivity contribution in [3.05, 3.63) is 28.2 Å². The molecule has 1 heterocycles. The summed E-state index contributed by atoms with van der Waals surface area (Å²) < 4.78 is 10.8. The number of allylic oxidation sites excluding steroid dienone is 1. The average Bonchev–Trinajstić information content (AvgIpc) is 2.77. The van der Waals surface area contributed by atoms with Gasteiger partial charge in [0.05, 0.1) is 26.0 Å². The van der Waals surface area contributed by atoms with Crippen LogP contribution in [0.15, 0.2) is 17.0 Å². The first-order chi connectivity index (χ1) is 14.2. The molecule has 1 saturated carbocycles. The zero-order valence-corrected chi connectivity index (χ0v) is 19.3. The Kier molecular flexibility index (Phi) is 10.1. The van der Waals surface area contributed by atoms with Gasteiger partial charge in [0.2, 0.25) is 0 Å². The van der Waals surface area contributed by atoms with Gasteiger partial charge in [0.15, 0.2) is 11.5 Å². The predicted molar refractivity (Wildman–Crippen MR) is 124 cm³/mol. The summed E-state index contributed by atoms with van der Waals surface area (Å²) in [5, 5.41) is 27.0. The van der Waals surface area contributed by atoms with Crippen LogP contribution in [0.3, 0.4) is 0 Å². The normalized spacial score (nSPS) is 18.9. The van der Waals surface area contributed by atoms with E-state index in [4.69, 9.17) is 9.47 Å². The SMILES string of the molecule is COc1cc2c(cc1OC)C(=C(C#N)SCC(O)CNC1CCCCC1)NCC2.Cl. The lowest BCUT2D eigenvalue weighted by Gasteiger charge is -2.25. The van der Waals surface area contributed by atoms with E-state index in [1.54, 1.807) is 14.2 Å². The third-order valence-corrected chi connectivity index (χ3v) is 6.71. The van der Waals surface area contributed by atoms with Crippen molar-refractivity contribution in [2.75, 3.05) is 33.1 Å². The van der Waals surface area contributed by atoms with Gasteiger partial charge in [0.1, 0.15) is 11.0 Å². The second-order valence-electron chi connectivity index (χ2n) is 7.57. The Morgan fingerprint density at radius 3 is 2.63 bits per heavy atom. The standard InChI is InChI=1S/C22H31N3O3S.ClH/c1-27-19-10-15-8-9-24-22(18(15)11-20(19)28-2)21(12-23)29-14-17(26)13-25-16-6-4-3-5-7-16;/h10-11,16-17,24-26H,3-9,13-14H2,1-2H3;1H. The zero-order chi connectivity index (χ0) is 20.6. The Balaban J connectivity index is 0.00000320. The number of aliphatic hydroxyl groups excluding tert-OH is 1. The molecule has 1 fully saturated rings. The minimum atomic E-state index is -0.487. The van der Waals surface area contributed by atoms with E-state index in [1.165, 1.54) is 43.9 Å². The lowest BCUT2D eigenvalue weighted by Crippen LogP contribution is -2.37. The summed E-state index contributed by atoms with van der Waals surface area (Å²) in [5.74, 6) is 1.82. The average molecular weight is 454 g/mol. The molecule has 0 aromatic heterocycles. The Bertz CT molecular complexity index is 776. The fraction of sp³-hybridized carbons (Fsp3) is 0.591. The molecule has 1 unspecified atom stereocenters. The van der Waals surface area contributed by atoms with Gasteiger partial charge in [0.25, 0.3) is 0 Å². The number of ether oxygens (including phenoxy) is 2. The molecule has 1 atom stereocenters. The smallest absolute Gasteiger partial charge is 0.161 e. The quantitative estimate of drug-likeness (QED) is 0.519. The van der Waals surface area contributed by atoms with E-state index in [0.29, 0.717) is 34.7 Å². The molecule has 0 bridgehead atoms. The van der Waals surface area contributed by atoms with Crippen LogP contribution < -0.4 is 20.1 Å². The largest absolute Gasteiger partial charge is 0.493 e. The lowest BCUT2D eigenvalue weighted by atomic mass is 9.95. The first-order valence-corrected chi connectivity index (χ1v) is 11.3. The van der Waals surface area contributed by atoms with E-state index in [-0.39, 0.29) is 12.4 Å². The van der Waals surface area contributed by atoms with E-state index in [2.05, 4.69) is 16.7 Å². The Hall–Kier alpha value is -1.59. The van der Waals surface area contributed by atoms with E-state index < -0.39 is 6.10 Å². The third kappa shape index (κ3) is 6.21. The van der Waals surface area contributed by atoms with Crippen molar-refractivity contribution >= 4 is 29.9 Å². The number of hydrogen-bond donors (Lipinski definition) is 3. The Morgan fingerprint density at radius 2 is 1.97 bits per heavy atom. The summed E-state index contributed by atoms with van der Waals surface area (Å²) in [6, 6.07) is 6.74. The maximum Gasteiger partial charge on any atom is 0.161 e. The monoisotopic (exact) mass is 453 g/mol. The van der Waals surface area contributed by atoms with Crippen molar-refractivity contribution in [3.63, 3.8) is 0 Å². The predicted octanol–water partition coefficient (Wildman–Crippen LogP) is 3.48. The molecule has 8 heteroatoms. The lowest BCUT2D eigenvalue weighted by molar-refractivity contribution is 0.185. The third-order valence-electron chi connectivity index (χ3n) is 5.57. The number of rotatable bonds is 8. The van der Waals surface area contributed by atoms with Gasteiger partial charge in [-0.2, -0.15) is 5.26 Å². The number of nitriles is 1. The first kappa shape index (κ1) is 24.7. The highest BCUT2D eigenvalue weighted by Crippen LogP contribution is 2.37. The number of benzene rings is 1. The molecule has 0 radical (unpaired) electrons. The van der Waals surface area contributed by atoms with Crippen LogP contribution >= 0.6 is 24.2 Å². The maximum atomic E-state index is 10.4. The molecule has 30 heavy (non-hydrogen) atoms. The summed E-state index contributed by atoms with van der Waals surface area (Å²) in [6.45, 7) is 1.33. The van der Waals surface area contributed by atoms with Crippen molar-refractivity contribution in [3.8, 4) is 17.6 Å². The Labute approximate surface area is 189 Å². The molecule has 166 valence electrons. The molecule has 0 saturated heterocycles. The van der Waals surface area contributed by atoms with Crippen LogP contribution in [0.25, 0.3) is 5.70 Å². The summed E-state index contributed by atoms with van der Waals surface area (Å²) in [4.78, 5) is 0.592. The molecule has 0 spiro atoms. The van der Waals surface area contributed by atoms with Crippen LogP contribution in [0.1, 0.15) is 43.2 Å². The maximum absolute atomic E-state index is 10.4. The fourth-order valence-electron chi connectivity index (χ4n) is 3.99. The van der Waals surface area contributed by atoms with Crippen LogP contribution in [-0.2, 0) is 6.42 Å². The van der Waals surface area contributed by atoms with E-state index >= 15 is 0 Å². The molecule has 2 aliphatic rings. The molecule has 1 aromatic carbocycles. The molecular weight excluding hydrogens is 422 g/mol. The fourth-order valence-corrected chi connectivity index (χ4v) is 4.86. The van der Waals surface area contributed by atoms with Gasteiger partial charge in [-0.1, -0.05) is 19.3 Å². The van der Waals surface area contributed by atoms with Gasteiger partial charge >= 0.3 is 0 Å². The van der Waals surface area contributed by atoms with Crippen molar-refractivity contribution < 1.29 is 14.6 Å². The highest BCUT2D eigenvalue weighted by atomic mass is 35.5. The molecule has 1 aromatic rings. The van der Waals surface area contributed by atoms with E-state index in [9.17, 15) is 10.4 Å². The number of nitrogens with one attached hydrogen (secondary N) is 2. The molecular formula is C22H32ClN3O3S. The minimum Gasteiger partial charge on any atom is -0.493 e. The van der Waals surface area contributed by atoms with Crippen molar-refractivity contribution in [1.82, 2.24) is 10.6 Å². The number of hydrogen-bond acceptors (Lipinski definition) is 7. The summed E-state index contributed by atoms with van der Waals surface area (Å²) in [5.41, 5.74) is 2.91. The van der Waals surface area contributed by atoms with Crippen LogP contribution in [0.5, 0.6) is 11.5 Å². The minimum absolute atomic E-state index is 0. The number of methoxy groups -OCH3 is 2. The molecule has 3 rings (SSSR count). The molecule has 3 N–H and O–H groups in total. The molecule has 0 amide bonds. The van der Waals surface area contributed by atoms with E-state index in [1.807, 2.05) is 12.1 Å². The number of halogens is 1. The number of fused-ring (bicyclic) bond motifs is 1. The van der Waals surface area contributed by atoms with Crippen LogP contribution in [0.4, 0.5) is 0 Å². The van der Waals surface area contributed by atoms with Gasteiger partial charge in [-0.25, -0.2) is 0 Å². The Morgan fingerprint density at radius 1 is 1.27 bits per heavy atom.